The molecule has 166 valence electrons. The maximum absolute atomic E-state index is 13.8. The monoisotopic (exact) mass is 452 g/mol. The molecule has 32 heavy (non-hydrogen) atoms. The fourth-order valence-electron chi connectivity index (χ4n) is 4.08. The lowest BCUT2D eigenvalue weighted by molar-refractivity contribution is 0.602. The third-order valence-electron chi connectivity index (χ3n) is 5.71. The molecule has 0 unspecified atom stereocenters. The van der Waals surface area contributed by atoms with Gasteiger partial charge in [-0.25, -0.2) is 14.4 Å². The van der Waals surface area contributed by atoms with Gasteiger partial charge in [-0.3, -0.25) is 4.98 Å². The van der Waals surface area contributed by atoms with Gasteiger partial charge in [-0.05, 0) is 48.4 Å². The lowest BCUT2D eigenvalue weighted by Crippen LogP contribution is -2.29. The molecule has 4 aromatic rings. The second kappa shape index (κ2) is 8.70. The van der Waals surface area contributed by atoms with Crippen LogP contribution in [-0.4, -0.2) is 35.6 Å². The average molecular weight is 453 g/mol. The Bertz CT molecular complexity index is 1270. The Hall–Kier alpha value is -3.27. The Balaban J connectivity index is 0.00000245. The van der Waals surface area contributed by atoms with E-state index in [1.807, 2.05) is 12.3 Å². The van der Waals surface area contributed by atoms with Crippen LogP contribution in [0.4, 0.5) is 16.2 Å². The van der Waals surface area contributed by atoms with Crippen LogP contribution in [-0.2, 0) is 12.8 Å². The highest BCUT2D eigenvalue weighted by molar-refractivity contribution is 7.59. The molecule has 0 fully saturated rings. The molecule has 0 spiro atoms. The smallest absolute Gasteiger partial charge is 0.228 e. The molecule has 8 nitrogen and oxygen atoms in total. The summed E-state index contributed by atoms with van der Waals surface area (Å²) in [5.41, 5.74) is 10.6. The molecule has 0 aromatic carbocycles. The molecule has 5 rings (SSSR count). The van der Waals surface area contributed by atoms with Gasteiger partial charge in [-0.15, -0.1) is 0 Å². The minimum Gasteiger partial charge on any atom is -0.383 e. The fraction of sp³-hybridized carbons (Fsp3) is 0.318. The summed E-state index contributed by atoms with van der Waals surface area (Å²) < 4.78 is 15.5. The van der Waals surface area contributed by atoms with Crippen molar-refractivity contribution < 1.29 is 4.39 Å². The highest BCUT2D eigenvalue weighted by Crippen LogP contribution is 2.28. The van der Waals surface area contributed by atoms with E-state index in [2.05, 4.69) is 44.2 Å². The molecular weight excluding hydrogens is 427 g/mol. The largest absolute Gasteiger partial charge is 0.383 e. The summed E-state index contributed by atoms with van der Waals surface area (Å²) in [6.45, 7) is 4.18. The van der Waals surface area contributed by atoms with E-state index >= 15 is 0 Å². The first-order chi connectivity index (χ1) is 15.0. The highest BCUT2D eigenvalue weighted by atomic mass is 32.1. The van der Waals surface area contributed by atoms with E-state index in [1.54, 1.807) is 16.9 Å². The number of nitrogen functional groups attached to an aromatic ring is 1. The van der Waals surface area contributed by atoms with E-state index in [0.717, 1.165) is 30.4 Å². The third kappa shape index (κ3) is 3.97. The van der Waals surface area contributed by atoms with Crippen molar-refractivity contribution in [2.75, 3.05) is 11.1 Å². The van der Waals surface area contributed by atoms with Crippen LogP contribution in [0.5, 0.6) is 0 Å². The van der Waals surface area contributed by atoms with Gasteiger partial charge < -0.3 is 11.1 Å². The Morgan fingerprint density at radius 3 is 2.84 bits per heavy atom. The number of aromatic nitrogens is 6. The van der Waals surface area contributed by atoms with Crippen LogP contribution in [0.2, 0.25) is 0 Å². The molecule has 0 aliphatic heterocycles. The molecule has 1 aliphatic rings. The van der Waals surface area contributed by atoms with Crippen LogP contribution in [0.3, 0.4) is 0 Å². The van der Waals surface area contributed by atoms with Crippen LogP contribution in [0.1, 0.15) is 42.9 Å². The number of nitrogens with two attached hydrogens (primary N) is 1. The summed E-state index contributed by atoms with van der Waals surface area (Å²) in [6.07, 6.45) is 8.84. The van der Waals surface area contributed by atoms with Gasteiger partial charge in [0.25, 0.3) is 0 Å². The molecule has 3 N–H and O–H groups in total. The van der Waals surface area contributed by atoms with Crippen molar-refractivity contribution in [3.8, 4) is 11.4 Å². The minimum absolute atomic E-state index is 0. The first-order valence-corrected chi connectivity index (χ1v) is 10.3. The first kappa shape index (κ1) is 21.9. The van der Waals surface area contributed by atoms with E-state index in [1.165, 1.54) is 17.8 Å². The van der Waals surface area contributed by atoms with Crippen LogP contribution >= 0.6 is 13.5 Å². The van der Waals surface area contributed by atoms with E-state index in [-0.39, 0.29) is 25.5 Å². The van der Waals surface area contributed by atoms with Gasteiger partial charge in [0.15, 0.2) is 11.5 Å². The van der Waals surface area contributed by atoms with Crippen molar-refractivity contribution in [1.82, 2.24) is 29.5 Å². The summed E-state index contributed by atoms with van der Waals surface area (Å²) in [5, 5.41) is 8.06. The minimum atomic E-state index is -0.428. The Morgan fingerprint density at radius 2 is 2.06 bits per heavy atom. The zero-order chi connectivity index (χ0) is 21.5. The van der Waals surface area contributed by atoms with Crippen LogP contribution in [0, 0.1) is 5.82 Å². The second-order valence-electron chi connectivity index (χ2n) is 8.17. The molecule has 0 bridgehead atoms. The van der Waals surface area contributed by atoms with Crippen molar-refractivity contribution in [2.24, 2.45) is 0 Å². The number of pyridine rings is 2. The Kier molecular flexibility index (Phi) is 5.96. The molecule has 1 aliphatic carbocycles. The molecule has 4 heterocycles. The average Bonchev–Trinajstić information content (AvgIpc) is 3.18. The summed E-state index contributed by atoms with van der Waals surface area (Å²) in [7, 11) is 0. The van der Waals surface area contributed by atoms with Crippen LogP contribution in [0.15, 0.2) is 36.9 Å². The van der Waals surface area contributed by atoms with E-state index < -0.39 is 5.82 Å². The standard InChI is InChI=1S/C22H23FN8.H2S/c1-12(2)18-11-27-31-21(18)29-20(14-7-15(23)10-25-9-14)30-22(31)28-16-3-4-17-13(8-16)5-6-26-19(17)24;/h5-7,9-12,16H,3-4,8H2,1-2H3,(H2,24,26)(H,28,29,30);1H2/t16-;/m0./s1. The predicted molar refractivity (Wildman–Crippen MR) is 127 cm³/mol. The van der Waals surface area contributed by atoms with E-state index in [4.69, 9.17) is 5.73 Å². The molecule has 4 aromatic heterocycles. The number of halogens is 1. The zero-order valence-corrected chi connectivity index (χ0v) is 18.9. The summed E-state index contributed by atoms with van der Waals surface area (Å²) in [4.78, 5) is 17.5. The molecule has 10 heteroatoms. The normalized spacial score (nSPS) is 15.4. The van der Waals surface area contributed by atoms with Crippen molar-refractivity contribution in [2.45, 2.75) is 45.1 Å². The molecule has 0 radical (unpaired) electrons. The number of fused-ring (bicyclic) bond motifs is 2. The van der Waals surface area contributed by atoms with Gasteiger partial charge >= 0.3 is 0 Å². The topological polar surface area (TPSA) is 107 Å². The van der Waals surface area contributed by atoms with Gasteiger partial charge in [0.1, 0.15) is 11.6 Å². The van der Waals surface area contributed by atoms with Gasteiger partial charge in [-0.2, -0.15) is 28.1 Å². The maximum atomic E-state index is 13.8. The number of nitrogens with one attached hydrogen (secondary N) is 1. The summed E-state index contributed by atoms with van der Waals surface area (Å²) >= 11 is 0. The Morgan fingerprint density at radius 1 is 1.22 bits per heavy atom. The van der Waals surface area contributed by atoms with Crippen LogP contribution in [0.25, 0.3) is 17.0 Å². The number of anilines is 2. The van der Waals surface area contributed by atoms with E-state index in [9.17, 15) is 4.39 Å². The Labute approximate surface area is 192 Å². The van der Waals surface area contributed by atoms with Gasteiger partial charge in [-0.1, -0.05) is 13.8 Å². The van der Waals surface area contributed by atoms with Gasteiger partial charge in [0.2, 0.25) is 5.95 Å². The molecular formula is C22H25FN8S. The third-order valence-corrected chi connectivity index (χ3v) is 5.71. The van der Waals surface area contributed by atoms with Crippen molar-refractivity contribution in [3.05, 3.63) is 59.4 Å². The van der Waals surface area contributed by atoms with E-state index in [0.29, 0.717) is 28.8 Å². The molecule has 1 atom stereocenters. The lowest BCUT2D eigenvalue weighted by atomic mass is 9.89. The second-order valence-corrected chi connectivity index (χ2v) is 8.17. The SMILES string of the molecule is CC(C)c1cnn2c(N[C@H]3CCc4c(ccnc4N)C3)nc(-c3cncc(F)c3)nc12.S. The zero-order valence-electron chi connectivity index (χ0n) is 17.9. The molecule has 0 amide bonds. The summed E-state index contributed by atoms with van der Waals surface area (Å²) in [6, 6.07) is 3.56. The first-order valence-electron chi connectivity index (χ1n) is 10.3. The number of nitrogens with zero attached hydrogens (tertiary/aromatic N) is 6. The lowest BCUT2D eigenvalue weighted by Gasteiger charge is -2.26. The van der Waals surface area contributed by atoms with Gasteiger partial charge in [0.05, 0.1) is 12.4 Å². The van der Waals surface area contributed by atoms with Crippen molar-refractivity contribution in [3.63, 3.8) is 0 Å². The molecule has 0 saturated carbocycles. The number of hydrogen-bond donors (Lipinski definition) is 2. The van der Waals surface area contributed by atoms with Crippen molar-refractivity contribution in [1.29, 1.82) is 0 Å². The van der Waals surface area contributed by atoms with Gasteiger partial charge in [0, 0.05) is 29.6 Å². The maximum Gasteiger partial charge on any atom is 0.228 e. The highest BCUT2D eigenvalue weighted by Gasteiger charge is 2.23. The summed E-state index contributed by atoms with van der Waals surface area (Å²) in [5.74, 6) is 1.40. The molecule has 0 saturated heterocycles. The fourth-order valence-corrected chi connectivity index (χ4v) is 4.08. The predicted octanol–water partition coefficient (Wildman–Crippen LogP) is 3.51. The number of hydrogen-bond acceptors (Lipinski definition) is 7. The van der Waals surface area contributed by atoms with Crippen molar-refractivity contribution >= 4 is 30.9 Å². The quantitative estimate of drug-likeness (QED) is 0.488. The number of rotatable bonds is 4. The van der Waals surface area contributed by atoms with Crippen LogP contribution < -0.4 is 11.1 Å².